The van der Waals surface area contributed by atoms with Crippen LogP contribution in [0.3, 0.4) is 0 Å². The molecule has 1 aliphatic rings. The van der Waals surface area contributed by atoms with Crippen LogP contribution in [0.5, 0.6) is 0 Å². The number of hydrogen-bond acceptors (Lipinski definition) is 2. The highest BCUT2D eigenvalue weighted by molar-refractivity contribution is 5.98. The second-order valence-electron chi connectivity index (χ2n) is 6.94. The van der Waals surface area contributed by atoms with Crippen molar-refractivity contribution in [3.05, 3.63) is 30.0 Å². The summed E-state index contributed by atoms with van der Waals surface area (Å²) >= 11 is 0. The van der Waals surface area contributed by atoms with Gasteiger partial charge in [0.05, 0.1) is 0 Å². The lowest BCUT2D eigenvalue weighted by Crippen LogP contribution is -2.39. The number of carbonyl (C=O) groups is 1. The molecule has 1 amide bonds. The van der Waals surface area contributed by atoms with Gasteiger partial charge in [-0.3, -0.25) is 4.79 Å². The van der Waals surface area contributed by atoms with E-state index in [4.69, 9.17) is 5.73 Å². The Morgan fingerprint density at radius 3 is 2.71 bits per heavy atom. The van der Waals surface area contributed by atoms with Crippen LogP contribution in [0.1, 0.15) is 50.0 Å². The first-order chi connectivity index (χ1) is 9.93. The number of aromatic amines is 1. The predicted molar refractivity (Wildman–Crippen MR) is 86.2 cm³/mol. The first-order valence-corrected chi connectivity index (χ1v) is 7.62. The van der Waals surface area contributed by atoms with Gasteiger partial charge in [0.15, 0.2) is 0 Å². The number of carbonyl (C=O) groups excluding carboxylic acids is 1. The van der Waals surface area contributed by atoms with E-state index in [9.17, 15) is 4.79 Å². The van der Waals surface area contributed by atoms with Crippen LogP contribution in [0.2, 0.25) is 0 Å². The molecule has 1 aromatic carbocycles. The molecule has 0 atom stereocenters. The molecule has 1 aliphatic carbocycles. The molecule has 0 aliphatic heterocycles. The summed E-state index contributed by atoms with van der Waals surface area (Å²) in [6.45, 7) is 4.60. The number of hydrogen-bond donors (Lipinski definition) is 3. The SMILES string of the molecule is CC1(C)CCC(NC(=O)c2cc3cc(N)ccc3[nH]2)CC1. The maximum Gasteiger partial charge on any atom is 0.267 e. The molecule has 1 saturated carbocycles. The molecule has 1 heterocycles. The minimum atomic E-state index is -0.0190. The van der Waals surface area contributed by atoms with Gasteiger partial charge in [0.25, 0.3) is 5.91 Å². The zero-order valence-electron chi connectivity index (χ0n) is 12.7. The van der Waals surface area contributed by atoms with E-state index in [0.717, 1.165) is 23.7 Å². The van der Waals surface area contributed by atoms with Crippen molar-refractivity contribution in [1.29, 1.82) is 0 Å². The van der Waals surface area contributed by atoms with Crippen molar-refractivity contribution in [2.75, 3.05) is 5.73 Å². The van der Waals surface area contributed by atoms with Gasteiger partial charge in [-0.1, -0.05) is 13.8 Å². The van der Waals surface area contributed by atoms with Crippen molar-refractivity contribution in [3.63, 3.8) is 0 Å². The van der Waals surface area contributed by atoms with E-state index in [0.29, 0.717) is 22.8 Å². The van der Waals surface area contributed by atoms with Gasteiger partial charge in [0, 0.05) is 22.6 Å². The highest BCUT2D eigenvalue weighted by atomic mass is 16.1. The summed E-state index contributed by atoms with van der Waals surface area (Å²) in [4.78, 5) is 15.5. The van der Waals surface area contributed by atoms with E-state index in [1.165, 1.54) is 12.8 Å². The number of nitrogens with two attached hydrogens (primary N) is 1. The lowest BCUT2D eigenvalue weighted by molar-refractivity contribution is 0.0905. The molecule has 0 unspecified atom stereocenters. The van der Waals surface area contributed by atoms with E-state index >= 15 is 0 Å². The number of anilines is 1. The number of amides is 1. The Morgan fingerprint density at radius 1 is 1.29 bits per heavy atom. The Morgan fingerprint density at radius 2 is 2.00 bits per heavy atom. The molecule has 1 fully saturated rings. The number of nitrogen functional groups attached to an aromatic ring is 1. The van der Waals surface area contributed by atoms with Gasteiger partial charge < -0.3 is 16.0 Å². The second kappa shape index (κ2) is 5.10. The third-order valence-corrected chi connectivity index (χ3v) is 4.56. The van der Waals surface area contributed by atoms with Crippen molar-refractivity contribution < 1.29 is 4.79 Å². The lowest BCUT2D eigenvalue weighted by atomic mass is 9.75. The van der Waals surface area contributed by atoms with Gasteiger partial charge in [-0.05, 0) is 55.4 Å². The van der Waals surface area contributed by atoms with Crippen LogP contribution in [0.25, 0.3) is 10.9 Å². The van der Waals surface area contributed by atoms with Crippen molar-refractivity contribution in [1.82, 2.24) is 10.3 Å². The molecular formula is C17H23N3O. The maximum atomic E-state index is 12.4. The van der Waals surface area contributed by atoms with E-state index in [1.807, 2.05) is 24.3 Å². The molecule has 1 aromatic heterocycles. The van der Waals surface area contributed by atoms with Crippen molar-refractivity contribution in [3.8, 4) is 0 Å². The van der Waals surface area contributed by atoms with E-state index < -0.39 is 0 Å². The van der Waals surface area contributed by atoms with Gasteiger partial charge in [-0.2, -0.15) is 0 Å². The first-order valence-electron chi connectivity index (χ1n) is 7.62. The van der Waals surface area contributed by atoms with Crippen molar-refractivity contribution in [2.45, 2.75) is 45.6 Å². The molecule has 21 heavy (non-hydrogen) atoms. The Kier molecular flexibility index (Phi) is 3.40. The smallest absolute Gasteiger partial charge is 0.267 e. The monoisotopic (exact) mass is 285 g/mol. The molecule has 112 valence electrons. The van der Waals surface area contributed by atoms with Gasteiger partial charge >= 0.3 is 0 Å². The number of benzene rings is 1. The lowest BCUT2D eigenvalue weighted by Gasteiger charge is -2.34. The third kappa shape index (κ3) is 3.04. The second-order valence-corrected chi connectivity index (χ2v) is 6.94. The molecule has 0 radical (unpaired) electrons. The van der Waals surface area contributed by atoms with Crippen LogP contribution in [0, 0.1) is 5.41 Å². The van der Waals surface area contributed by atoms with E-state index in [2.05, 4.69) is 24.1 Å². The Bertz CT molecular complexity index is 662. The van der Waals surface area contributed by atoms with Gasteiger partial charge in [0.2, 0.25) is 0 Å². The van der Waals surface area contributed by atoms with Crippen molar-refractivity contribution >= 4 is 22.5 Å². The summed E-state index contributed by atoms with van der Waals surface area (Å²) in [5, 5.41) is 4.12. The summed E-state index contributed by atoms with van der Waals surface area (Å²) < 4.78 is 0. The summed E-state index contributed by atoms with van der Waals surface area (Å²) in [6, 6.07) is 7.79. The van der Waals surface area contributed by atoms with Crippen LogP contribution in [0.15, 0.2) is 24.3 Å². The number of aromatic nitrogens is 1. The molecule has 2 aromatic rings. The van der Waals surface area contributed by atoms with Crippen molar-refractivity contribution in [2.24, 2.45) is 5.41 Å². The van der Waals surface area contributed by atoms with Crippen LogP contribution in [0.4, 0.5) is 5.69 Å². The minimum Gasteiger partial charge on any atom is -0.399 e. The first kappa shape index (κ1) is 14.0. The van der Waals surface area contributed by atoms with E-state index in [1.54, 1.807) is 0 Å². The molecule has 4 N–H and O–H groups in total. The summed E-state index contributed by atoms with van der Waals surface area (Å²) in [5.74, 6) is -0.0190. The van der Waals surface area contributed by atoms with Crippen LogP contribution >= 0.6 is 0 Å². The fraction of sp³-hybridized carbons (Fsp3) is 0.471. The average molecular weight is 285 g/mol. The zero-order chi connectivity index (χ0) is 15.0. The Hall–Kier alpha value is -1.97. The zero-order valence-corrected chi connectivity index (χ0v) is 12.7. The predicted octanol–water partition coefficient (Wildman–Crippen LogP) is 3.45. The van der Waals surface area contributed by atoms with Crippen LogP contribution in [-0.4, -0.2) is 16.9 Å². The van der Waals surface area contributed by atoms with Crippen LogP contribution < -0.4 is 11.1 Å². The molecular weight excluding hydrogens is 262 g/mol. The summed E-state index contributed by atoms with van der Waals surface area (Å²) in [5.41, 5.74) is 8.45. The minimum absolute atomic E-state index is 0.0190. The fourth-order valence-electron chi connectivity index (χ4n) is 3.08. The normalized spacial score (nSPS) is 18.8. The number of H-pyrrole nitrogens is 1. The number of nitrogens with one attached hydrogen (secondary N) is 2. The molecule has 0 spiro atoms. The fourth-order valence-corrected chi connectivity index (χ4v) is 3.08. The topological polar surface area (TPSA) is 70.9 Å². The van der Waals surface area contributed by atoms with E-state index in [-0.39, 0.29) is 5.91 Å². The highest BCUT2D eigenvalue weighted by Gasteiger charge is 2.27. The number of rotatable bonds is 2. The quantitative estimate of drug-likeness (QED) is 0.740. The number of fused-ring (bicyclic) bond motifs is 1. The Balaban J connectivity index is 1.69. The molecule has 0 saturated heterocycles. The van der Waals surface area contributed by atoms with Gasteiger partial charge in [-0.25, -0.2) is 0 Å². The maximum absolute atomic E-state index is 12.4. The van der Waals surface area contributed by atoms with Gasteiger partial charge in [-0.15, -0.1) is 0 Å². The molecule has 0 bridgehead atoms. The standard InChI is InChI=1S/C17H23N3O/c1-17(2)7-5-13(6-8-17)19-16(21)15-10-11-9-12(18)3-4-14(11)20-15/h3-4,9-10,13,20H,5-8,18H2,1-2H3,(H,19,21). The highest BCUT2D eigenvalue weighted by Crippen LogP contribution is 2.35. The van der Waals surface area contributed by atoms with Gasteiger partial charge in [0.1, 0.15) is 5.69 Å². The summed E-state index contributed by atoms with van der Waals surface area (Å²) in [6.07, 6.45) is 4.46. The van der Waals surface area contributed by atoms with Crippen LogP contribution in [-0.2, 0) is 0 Å². The molecule has 4 heteroatoms. The Labute approximate surface area is 125 Å². The molecule has 4 nitrogen and oxygen atoms in total. The molecule has 3 rings (SSSR count). The average Bonchev–Trinajstić information content (AvgIpc) is 2.84. The summed E-state index contributed by atoms with van der Waals surface area (Å²) in [7, 11) is 0. The third-order valence-electron chi connectivity index (χ3n) is 4.56. The largest absolute Gasteiger partial charge is 0.399 e.